The van der Waals surface area contributed by atoms with E-state index in [0.717, 1.165) is 0 Å². The molecule has 1 radical (unpaired) electrons. The van der Waals surface area contributed by atoms with Gasteiger partial charge in [0.1, 0.15) is 0 Å². The fourth-order valence-electron chi connectivity index (χ4n) is 4.47. The molecule has 3 N–H and O–H groups in total. The van der Waals surface area contributed by atoms with Gasteiger partial charge in [0.25, 0.3) is 0 Å². The Labute approximate surface area is 193 Å². The first-order chi connectivity index (χ1) is 11.4. The summed E-state index contributed by atoms with van der Waals surface area (Å²) < 4.78 is 0. The largest absolute Gasteiger partial charge is 0.344 e. The van der Waals surface area contributed by atoms with Gasteiger partial charge in [0.2, 0.25) is 0 Å². The molecule has 1 nitrogen and oxygen atoms in total. The van der Waals surface area contributed by atoms with Crippen LogP contribution in [0.15, 0.2) is 18.2 Å². The van der Waals surface area contributed by atoms with Crippen LogP contribution in [0.1, 0.15) is 94.2 Å². The van der Waals surface area contributed by atoms with Gasteiger partial charge in [-0.2, -0.15) is 24.3 Å². The van der Waals surface area contributed by atoms with Crippen molar-refractivity contribution in [1.29, 1.82) is 0 Å². The summed E-state index contributed by atoms with van der Waals surface area (Å²) in [7, 11) is -1.10. The maximum absolute atomic E-state index is 3.84. The molecule has 0 aliphatic rings. The van der Waals surface area contributed by atoms with Gasteiger partial charge in [-0.25, -0.2) is 0 Å². The molecule has 0 amide bonds. The molecule has 0 atom stereocenters. The number of hydrogen-bond donors (Lipinski definition) is 1. The second-order valence-electron chi connectivity index (χ2n) is 12.0. The minimum atomic E-state index is -0.552. The van der Waals surface area contributed by atoms with Crippen LogP contribution in [0.2, 0.25) is 0 Å². The van der Waals surface area contributed by atoms with Crippen LogP contribution in [0.4, 0.5) is 0 Å². The fourth-order valence-corrected chi connectivity index (χ4v) is 12.3. The molecule has 0 fully saturated rings. The normalized spacial score (nSPS) is 13.4. The summed E-state index contributed by atoms with van der Waals surface area (Å²) in [5, 5.41) is 1.61. The Balaban J connectivity index is 0. The Hall–Kier alpha value is 0.689. The Morgan fingerprint density at radius 3 is 1.07 bits per heavy atom. The summed E-state index contributed by atoms with van der Waals surface area (Å²) in [5.74, 6) is 0. The van der Waals surface area contributed by atoms with Gasteiger partial charge in [-0.3, -0.25) is 0 Å². The summed E-state index contributed by atoms with van der Waals surface area (Å²) in [5.41, 5.74) is 2.87. The molecule has 0 saturated carbocycles. The summed E-state index contributed by atoms with van der Waals surface area (Å²) in [6.07, 6.45) is 2.44. The number of benzene rings is 1. The second kappa shape index (κ2) is 10.8. The van der Waals surface area contributed by atoms with E-state index in [9.17, 15) is 0 Å². The molecule has 1 aromatic carbocycles. The third-order valence-corrected chi connectivity index (χ3v) is 14.0. The minimum Gasteiger partial charge on any atom is -0.344 e. The van der Waals surface area contributed by atoms with Gasteiger partial charge in [-0.15, -0.1) is 11.1 Å². The zero-order valence-electron chi connectivity index (χ0n) is 20.7. The average molecular weight is 605 g/mol. The van der Waals surface area contributed by atoms with Gasteiger partial charge in [-0.1, -0.05) is 0 Å². The van der Waals surface area contributed by atoms with E-state index in [4.69, 9.17) is 0 Å². The smallest absolute Gasteiger partial charge is 0.0701 e. The first-order valence-electron chi connectivity index (χ1n) is 10.2. The Kier molecular flexibility index (Phi) is 11.9. The van der Waals surface area contributed by atoms with Gasteiger partial charge in [0, 0.05) is 35.9 Å². The zero-order chi connectivity index (χ0) is 20.6. The molecule has 28 heavy (non-hydrogen) atoms. The van der Waals surface area contributed by atoms with E-state index in [0.29, 0.717) is 20.6 Å². The maximum atomic E-state index is 3.84. The monoisotopic (exact) mass is 605 g/mol. The first-order valence-corrected chi connectivity index (χ1v) is 13.6. The van der Waals surface area contributed by atoms with Crippen molar-refractivity contribution < 1.29 is 20.1 Å². The molecule has 0 unspecified atom stereocenters. The molecule has 167 valence electrons. The Morgan fingerprint density at radius 1 is 0.607 bits per heavy atom. The van der Waals surface area contributed by atoms with Crippen LogP contribution in [-0.4, -0.2) is 20.6 Å². The second-order valence-corrected chi connectivity index (χ2v) is 20.6. The van der Waals surface area contributed by atoms with Gasteiger partial charge in [-0.05, 0) is 83.1 Å². The van der Waals surface area contributed by atoms with Gasteiger partial charge < -0.3 is 6.15 Å². The molecule has 0 spiro atoms. The average Bonchev–Trinajstić information content (AvgIpc) is 2.37. The van der Waals surface area contributed by atoms with Crippen molar-refractivity contribution in [1.82, 2.24) is 6.15 Å². The van der Waals surface area contributed by atoms with Crippen LogP contribution in [-0.2, 0) is 32.4 Å². The SMILES string of the molecule is CC(C)(C)[PH+](Cc1[c-]c(C[PH+](C(C)(C)C)C(C)(C)C)ccc1)C(C)(C)C.N.[Ir]. The molecule has 0 saturated heterocycles. The Bertz CT molecular complexity index is 509. The third-order valence-electron chi connectivity index (χ3n) is 5.27. The molecule has 0 aliphatic carbocycles. The van der Waals surface area contributed by atoms with E-state index in [2.05, 4.69) is 107 Å². The van der Waals surface area contributed by atoms with E-state index in [-0.39, 0.29) is 26.3 Å². The Morgan fingerprint density at radius 2 is 0.857 bits per heavy atom. The standard InChI is InChI=1S/C24H43P2.Ir.H3N/c1-21(2,3)25(22(4,5)6)17-19-14-13-15-20(16-19)18-26(23(7,8)9)24(10,11)12;;/h13-15H,17-18H2,1-12H3;;1H3/q-1;;/p+2. The molecule has 0 bridgehead atoms. The minimum absolute atomic E-state index is 0. The molecule has 0 aliphatic heterocycles. The van der Waals surface area contributed by atoms with Crippen molar-refractivity contribution in [3.63, 3.8) is 0 Å². The molecular weight excluding hydrogens is 556 g/mol. The topological polar surface area (TPSA) is 35.0 Å². The third kappa shape index (κ3) is 9.67. The van der Waals surface area contributed by atoms with Gasteiger partial charge in [0.05, 0.1) is 32.9 Å². The van der Waals surface area contributed by atoms with Gasteiger partial charge >= 0.3 is 0 Å². The van der Waals surface area contributed by atoms with E-state index in [1.165, 1.54) is 23.5 Å². The maximum Gasteiger partial charge on any atom is 0.0701 e. The van der Waals surface area contributed by atoms with Crippen LogP contribution in [0, 0.1) is 6.07 Å². The van der Waals surface area contributed by atoms with Crippen molar-refractivity contribution in [2.24, 2.45) is 0 Å². The van der Waals surface area contributed by atoms with Crippen molar-refractivity contribution in [3.8, 4) is 0 Å². The van der Waals surface area contributed by atoms with Crippen molar-refractivity contribution in [2.75, 3.05) is 0 Å². The number of hydrogen-bond acceptors (Lipinski definition) is 1. The quantitative estimate of drug-likeness (QED) is 0.273. The van der Waals surface area contributed by atoms with Crippen LogP contribution in [0.3, 0.4) is 0 Å². The molecule has 1 aromatic rings. The van der Waals surface area contributed by atoms with Crippen LogP contribution in [0.5, 0.6) is 0 Å². The predicted octanol–water partition coefficient (Wildman–Crippen LogP) is 8.27. The molecule has 0 heterocycles. The van der Waals surface area contributed by atoms with Crippen molar-refractivity contribution in [2.45, 2.75) is 116 Å². The van der Waals surface area contributed by atoms with E-state index in [1.807, 2.05) is 0 Å². The van der Waals surface area contributed by atoms with Gasteiger partial charge in [0.15, 0.2) is 0 Å². The van der Waals surface area contributed by atoms with Crippen LogP contribution < -0.4 is 6.15 Å². The van der Waals surface area contributed by atoms with E-state index < -0.39 is 15.8 Å². The van der Waals surface area contributed by atoms with Crippen LogP contribution >= 0.6 is 15.8 Å². The summed E-state index contributed by atoms with van der Waals surface area (Å²) in [4.78, 5) is 0. The first kappa shape index (κ1) is 30.9. The predicted molar refractivity (Wildman–Crippen MR) is 133 cm³/mol. The summed E-state index contributed by atoms with van der Waals surface area (Å²) in [6, 6.07) is 10.7. The molecule has 0 aromatic heterocycles. The molecule has 1 rings (SSSR count). The van der Waals surface area contributed by atoms with E-state index in [1.54, 1.807) is 0 Å². The van der Waals surface area contributed by atoms with Crippen molar-refractivity contribution in [3.05, 3.63) is 35.4 Å². The summed E-state index contributed by atoms with van der Waals surface area (Å²) in [6.45, 7) is 29.1. The molecule has 4 heteroatoms. The van der Waals surface area contributed by atoms with Crippen LogP contribution in [0.25, 0.3) is 0 Å². The number of rotatable bonds is 4. The zero-order valence-corrected chi connectivity index (χ0v) is 25.1. The fraction of sp³-hybridized carbons (Fsp3) is 0.750. The van der Waals surface area contributed by atoms with E-state index >= 15 is 0 Å². The van der Waals surface area contributed by atoms with Crippen molar-refractivity contribution >= 4 is 15.8 Å². The molecular formula is C24H48IrNP2+. The summed E-state index contributed by atoms with van der Waals surface area (Å²) >= 11 is 0.